The van der Waals surface area contributed by atoms with E-state index in [4.69, 9.17) is 4.98 Å². The van der Waals surface area contributed by atoms with Crippen molar-refractivity contribution in [1.29, 1.82) is 0 Å². The van der Waals surface area contributed by atoms with Crippen LogP contribution in [0.2, 0.25) is 0 Å². The lowest BCUT2D eigenvalue weighted by molar-refractivity contribution is 1.17. The van der Waals surface area contributed by atoms with Gasteiger partial charge in [-0.25, -0.2) is 0 Å². The van der Waals surface area contributed by atoms with E-state index in [9.17, 15) is 0 Å². The fraction of sp³-hybridized carbons (Fsp3) is 0.0238. The summed E-state index contributed by atoms with van der Waals surface area (Å²) in [7, 11) is 0. The Bertz CT molecular complexity index is 2510. The van der Waals surface area contributed by atoms with Gasteiger partial charge in [-0.1, -0.05) is 96.6 Å². The molecule has 45 heavy (non-hydrogen) atoms. The van der Waals surface area contributed by atoms with Gasteiger partial charge < -0.3 is 4.57 Å². The summed E-state index contributed by atoms with van der Waals surface area (Å²) >= 11 is 1.89. The normalized spacial score (nSPS) is 11.7. The van der Waals surface area contributed by atoms with Crippen LogP contribution in [0.4, 0.5) is 0 Å². The van der Waals surface area contributed by atoms with Gasteiger partial charge in [-0.2, -0.15) is 0 Å². The van der Waals surface area contributed by atoms with Gasteiger partial charge in [0.05, 0.1) is 16.7 Å². The van der Waals surface area contributed by atoms with Crippen molar-refractivity contribution in [2.75, 3.05) is 0 Å². The second kappa shape index (κ2) is 10.3. The van der Waals surface area contributed by atoms with Crippen LogP contribution < -0.4 is 0 Å². The topological polar surface area (TPSA) is 17.8 Å². The van der Waals surface area contributed by atoms with E-state index in [1.54, 1.807) is 0 Å². The highest BCUT2D eigenvalue weighted by atomic mass is 32.1. The number of pyridine rings is 1. The second-order valence-corrected chi connectivity index (χ2v) is 12.7. The summed E-state index contributed by atoms with van der Waals surface area (Å²) < 4.78 is 5.05. The molecule has 0 N–H and O–H groups in total. The monoisotopic (exact) mass is 592 g/mol. The molecule has 0 aliphatic rings. The summed E-state index contributed by atoms with van der Waals surface area (Å²) in [5.74, 6) is 0. The average Bonchev–Trinajstić information content (AvgIpc) is 3.64. The van der Waals surface area contributed by atoms with Gasteiger partial charge in [0.2, 0.25) is 0 Å². The van der Waals surface area contributed by atoms with Crippen molar-refractivity contribution in [3.05, 3.63) is 157 Å². The number of thiophene rings is 1. The van der Waals surface area contributed by atoms with Crippen molar-refractivity contribution in [1.82, 2.24) is 9.55 Å². The third-order valence-electron chi connectivity index (χ3n) is 8.91. The molecule has 0 radical (unpaired) electrons. The highest BCUT2D eigenvalue weighted by Crippen LogP contribution is 2.48. The number of fused-ring (bicyclic) bond motifs is 7. The average molecular weight is 593 g/mol. The second-order valence-electron chi connectivity index (χ2n) is 11.7. The Hall–Kier alpha value is -5.51. The molecule has 0 bridgehead atoms. The van der Waals surface area contributed by atoms with Gasteiger partial charge in [0.15, 0.2) is 0 Å². The van der Waals surface area contributed by atoms with Crippen molar-refractivity contribution < 1.29 is 0 Å². The lowest BCUT2D eigenvalue weighted by Crippen LogP contribution is -1.96. The van der Waals surface area contributed by atoms with Gasteiger partial charge in [-0.05, 0) is 83.8 Å². The Morgan fingerprint density at radius 3 is 1.91 bits per heavy atom. The molecular weight excluding hydrogens is 565 g/mol. The summed E-state index contributed by atoms with van der Waals surface area (Å²) in [6, 6.07) is 52.7. The van der Waals surface area contributed by atoms with Gasteiger partial charge in [0.25, 0.3) is 0 Å². The predicted octanol–water partition coefficient (Wildman–Crippen LogP) is 11.9. The fourth-order valence-electron chi connectivity index (χ4n) is 6.73. The maximum absolute atomic E-state index is 4.91. The summed E-state index contributed by atoms with van der Waals surface area (Å²) in [5.41, 5.74) is 11.8. The SMILES string of the molecule is Cc1ccc(-n2c3ccc(-c4ccccc4)cc3c3c4sc5ccc(-c6ccccc6)cc5c4cc(-c4ccccn4)c32)cc1. The first-order chi connectivity index (χ1) is 22.2. The van der Waals surface area contributed by atoms with Crippen LogP contribution in [0.25, 0.3) is 81.2 Å². The summed E-state index contributed by atoms with van der Waals surface area (Å²) in [6.45, 7) is 2.14. The highest BCUT2D eigenvalue weighted by molar-refractivity contribution is 7.26. The molecule has 9 rings (SSSR count). The minimum atomic E-state index is 0.974. The van der Waals surface area contributed by atoms with E-state index in [0.29, 0.717) is 0 Å². The van der Waals surface area contributed by atoms with E-state index in [0.717, 1.165) is 16.9 Å². The minimum Gasteiger partial charge on any atom is -0.309 e. The summed E-state index contributed by atoms with van der Waals surface area (Å²) in [6.07, 6.45) is 1.90. The Morgan fingerprint density at radius 1 is 0.556 bits per heavy atom. The van der Waals surface area contributed by atoms with Crippen LogP contribution in [0, 0.1) is 6.92 Å². The van der Waals surface area contributed by atoms with Crippen LogP contribution in [0.15, 0.2) is 152 Å². The Morgan fingerprint density at radius 2 is 1.22 bits per heavy atom. The first-order valence-electron chi connectivity index (χ1n) is 15.3. The number of aryl methyl sites for hydroxylation is 1. The third kappa shape index (κ3) is 4.20. The van der Waals surface area contributed by atoms with Crippen LogP contribution in [0.3, 0.4) is 0 Å². The van der Waals surface area contributed by atoms with Gasteiger partial charge in [0.1, 0.15) is 0 Å². The Labute approximate surface area is 265 Å². The van der Waals surface area contributed by atoms with Gasteiger partial charge in [-0.15, -0.1) is 11.3 Å². The smallest absolute Gasteiger partial charge is 0.0723 e. The minimum absolute atomic E-state index is 0.974. The van der Waals surface area contributed by atoms with E-state index in [2.05, 4.69) is 151 Å². The van der Waals surface area contributed by atoms with Crippen molar-refractivity contribution in [3.8, 4) is 39.2 Å². The van der Waals surface area contributed by atoms with E-state index in [1.807, 2.05) is 23.6 Å². The fourth-order valence-corrected chi connectivity index (χ4v) is 7.96. The molecule has 6 aromatic carbocycles. The van der Waals surface area contributed by atoms with Crippen LogP contribution in [0.5, 0.6) is 0 Å². The Balaban J connectivity index is 1.47. The molecule has 0 aliphatic heterocycles. The van der Waals surface area contributed by atoms with Crippen LogP contribution in [-0.4, -0.2) is 9.55 Å². The molecule has 0 unspecified atom stereocenters. The first kappa shape index (κ1) is 25.9. The zero-order valence-corrected chi connectivity index (χ0v) is 25.6. The molecule has 0 saturated heterocycles. The van der Waals surface area contributed by atoms with Gasteiger partial charge in [0, 0.05) is 48.4 Å². The number of hydrogen-bond acceptors (Lipinski definition) is 2. The van der Waals surface area contributed by atoms with E-state index < -0.39 is 0 Å². The van der Waals surface area contributed by atoms with E-state index in [-0.39, 0.29) is 0 Å². The molecule has 0 amide bonds. The highest BCUT2D eigenvalue weighted by Gasteiger charge is 2.23. The maximum Gasteiger partial charge on any atom is 0.0723 e. The van der Waals surface area contributed by atoms with Crippen LogP contribution in [0.1, 0.15) is 5.56 Å². The van der Waals surface area contributed by atoms with E-state index in [1.165, 1.54) is 69.8 Å². The summed E-state index contributed by atoms with van der Waals surface area (Å²) in [4.78, 5) is 4.91. The lowest BCUT2D eigenvalue weighted by atomic mass is 9.98. The largest absolute Gasteiger partial charge is 0.309 e. The molecule has 9 aromatic rings. The maximum atomic E-state index is 4.91. The van der Waals surface area contributed by atoms with Crippen molar-refractivity contribution in [2.45, 2.75) is 6.92 Å². The van der Waals surface area contributed by atoms with Gasteiger partial charge in [-0.3, -0.25) is 4.98 Å². The molecular formula is C42H28N2S. The van der Waals surface area contributed by atoms with Crippen molar-refractivity contribution in [2.24, 2.45) is 0 Å². The quantitative estimate of drug-likeness (QED) is 0.199. The van der Waals surface area contributed by atoms with Crippen molar-refractivity contribution >= 4 is 53.3 Å². The zero-order valence-electron chi connectivity index (χ0n) is 24.7. The first-order valence-corrected chi connectivity index (χ1v) is 16.1. The molecule has 3 heteroatoms. The number of hydrogen-bond donors (Lipinski definition) is 0. The van der Waals surface area contributed by atoms with Crippen molar-refractivity contribution in [3.63, 3.8) is 0 Å². The van der Waals surface area contributed by atoms with Crippen LogP contribution >= 0.6 is 11.3 Å². The third-order valence-corrected chi connectivity index (χ3v) is 10.1. The molecule has 0 fully saturated rings. The Kier molecular flexibility index (Phi) is 5.93. The van der Waals surface area contributed by atoms with Gasteiger partial charge >= 0.3 is 0 Å². The number of nitrogens with zero attached hydrogens (tertiary/aromatic N) is 2. The molecule has 212 valence electrons. The number of benzene rings is 6. The molecule has 2 nitrogen and oxygen atoms in total. The zero-order chi connectivity index (χ0) is 29.9. The predicted molar refractivity (Wildman–Crippen MR) is 193 cm³/mol. The number of aromatic nitrogens is 2. The summed E-state index contributed by atoms with van der Waals surface area (Å²) in [5, 5.41) is 5.09. The molecule has 3 aromatic heterocycles. The van der Waals surface area contributed by atoms with E-state index >= 15 is 0 Å². The lowest BCUT2D eigenvalue weighted by Gasteiger charge is -2.12. The molecule has 0 atom stereocenters. The molecule has 0 saturated carbocycles. The molecule has 0 spiro atoms. The number of rotatable bonds is 4. The molecule has 3 heterocycles. The molecule has 0 aliphatic carbocycles. The standard InChI is InChI=1S/C42H28N2S/c1-27-15-19-32(20-16-27)44-38-21-17-30(28-10-4-2-5-11-28)25-36(38)40-41(44)35(37-14-8-9-23-43-37)26-34-33-24-31(29-12-6-3-7-13-29)18-22-39(33)45-42(34)40/h2-26H,1H3. The van der Waals surface area contributed by atoms with Crippen LogP contribution in [-0.2, 0) is 0 Å².